The molecule has 2 aromatic carbocycles. The second kappa shape index (κ2) is 4.93. The van der Waals surface area contributed by atoms with Crippen molar-refractivity contribution in [2.45, 2.75) is 13.0 Å². The van der Waals surface area contributed by atoms with E-state index < -0.39 is 6.10 Å². The molecule has 2 heteroatoms. The molecule has 86 valence electrons. The number of hydrogen-bond donors (Lipinski definition) is 1. The van der Waals surface area contributed by atoms with Gasteiger partial charge in [0.1, 0.15) is 6.10 Å². The number of aliphatic hydroxyl groups is 1. The Labute approximate surface area is 101 Å². The summed E-state index contributed by atoms with van der Waals surface area (Å²) in [6, 6.07) is 16.2. The van der Waals surface area contributed by atoms with Gasteiger partial charge < -0.3 is 5.11 Å². The zero-order valence-electron chi connectivity index (χ0n) is 9.63. The lowest BCUT2D eigenvalue weighted by Gasteiger charge is -2.10. The van der Waals surface area contributed by atoms with Crippen molar-refractivity contribution in [3.05, 3.63) is 71.3 Å². The van der Waals surface area contributed by atoms with Gasteiger partial charge in [-0.15, -0.1) is 0 Å². The van der Waals surface area contributed by atoms with Crippen molar-refractivity contribution in [1.29, 1.82) is 0 Å². The lowest BCUT2D eigenvalue weighted by atomic mass is 9.99. The van der Waals surface area contributed by atoms with Crippen molar-refractivity contribution in [2.75, 3.05) is 0 Å². The predicted octanol–water partition coefficient (Wildman–Crippen LogP) is 2.91. The highest BCUT2D eigenvalue weighted by atomic mass is 16.3. The molecular weight excluding hydrogens is 212 g/mol. The van der Waals surface area contributed by atoms with Crippen molar-refractivity contribution in [1.82, 2.24) is 0 Å². The van der Waals surface area contributed by atoms with E-state index in [-0.39, 0.29) is 5.78 Å². The summed E-state index contributed by atoms with van der Waals surface area (Å²) in [5.41, 5.74) is 2.20. The third kappa shape index (κ3) is 2.60. The van der Waals surface area contributed by atoms with Gasteiger partial charge in [-0.25, -0.2) is 0 Å². The van der Waals surface area contributed by atoms with Gasteiger partial charge in [0.15, 0.2) is 5.78 Å². The fourth-order valence-electron chi connectivity index (χ4n) is 1.75. The molecule has 1 unspecified atom stereocenters. The maximum absolute atomic E-state index is 12.0. The lowest BCUT2D eigenvalue weighted by Crippen LogP contribution is -2.12. The summed E-state index contributed by atoms with van der Waals surface area (Å²) in [5.74, 6) is -0.267. The molecule has 2 rings (SSSR count). The van der Waals surface area contributed by atoms with Crippen LogP contribution in [0.15, 0.2) is 54.6 Å². The summed E-state index contributed by atoms with van der Waals surface area (Å²) in [5, 5.41) is 10.0. The van der Waals surface area contributed by atoms with E-state index in [9.17, 15) is 9.90 Å². The van der Waals surface area contributed by atoms with Gasteiger partial charge in [0.05, 0.1) is 0 Å². The van der Waals surface area contributed by atoms with Crippen LogP contribution in [0.5, 0.6) is 0 Å². The Balaban J connectivity index is 2.27. The van der Waals surface area contributed by atoms with E-state index in [4.69, 9.17) is 0 Å². The highest BCUT2D eigenvalue weighted by molar-refractivity contribution is 5.99. The Morgan fingerprint density at radius 3 is 2.41 bits per heavy atom. The van der Waals surface area contributed by atoms with Gasteiger partial charge in [0, 0.05) is 5.56 Å². The van der Waals surface area contributed by atoms with Crippen LogP contribution in [0, 0.1) is 6.92 Å². The summed E-state index contributed by atoms with van der Waals surface area (Å²) in [4.78, 5) is 12.0. The zero-order chi connectivity index (χ0) is 12.3. The monoisotopic (exact) mass is 226 g/mol. The third-order valence-corrected chi connectivity index (χ3v) is 2.66. The van der Waals surface area contributed by atoms with Crippen molar-refractivity contribution in [3.8, 4) is 0 Å². The minimum absolute atomic E-state index is 0.267. The average molecular weight is 226 g/mol. The summed E-state index contributed by atoms with van der Waals surface area (Å²) in [6.45, 7) is 1.93. The van der Waals surface area contributed by atoms with Gasteiger partial charge in [-0.1, -0.05) is 60.2 Å². The summed E-state index contributed by atoms with van der Waals surface area (Å²) >= 11 is 0. The van der Waals surface area contributed by atoms with Gasteiger partial charge in [-0.05, 0) is 12.5 Å². The SMILES string of the molecule is Cc1cccc(C(O)C(=O)c2ccccc2)c1. The Kier molecular flexibility index (Phi) is 3.35. The van der Waals surface area contributed by atoms with Crippen LogP contribution in [0.4, 0.5) is 0 Å². The van der Waals surface area contributed by atoms with Crippen LogP contribution in [0.1, 0.15) is 27.6 Å². The maximum Gasteiger partial charge on any atom is 0.195 e. The largest absolute Gasteiger partial charge is 0.380 e. The van der Waals surface area contributed by atoms with Crippen LogP contribution in [-0.4, -0.2) is 10.9 Å². The Morgan fingerprint density at radius 2 is 1.76 bits per heavy atom. The van der Waals surface area contributed by atoms with Crippen molar-refractivity contribution in [3.63, 3.8) is 0 Å². The highest BCUT2D eigenvalue weighted by Crippen LogP contribution is 2.19. The van der Waals surface area contributed by atoms with Crippen LogP contribution in [0.2, 0.25) is 0 Å². The van der Waals surface area contributed by atoms with Crippen LogP contribution in [0.3, 0.4) is 0 Å². The molecule has 0 aliphatic heterocycles. The molecule has 0 saturated carbocycles. The molecule has 0 amide bonds. The number of hydrogen-bond acceptors (Lipinski definition) is 2. The second-order valence-corrected chi connectivity index (χ2v) is 4.05. The van der Waals surface area contributed by atoms with Crippen LogP contribution >= 0.6 is 0 Å². The predicted molar refractivity (Wildman–Crippen MR) is 66.9 cm³/mol. The third-order valence-electron chi connectivity index (χ3n) is 2.66. The van der Waals surface area contributed by atoms with E-state index in [0.717, 1.165) is 5.56 Å². The summed E-state index contributed by atoms with van der Waals surface area (Å²) < 4.78 is 0. The number of carbonyl (C=O) groups is 1. The Hall–Kier alpha value is -1.93. The fraction of sp³-hybridized carbons (Fsp3) is 0.133. The number of aliphatic hydroxyl groups excluding tert-OH is 1. The molecule has 0 bridgehead atoms. The van der Waals surface area contributed by atoms with Crippen LogP contribution in [0.25, 0.3) is 0 Å². The van der Waals surface area contributed by atoms with Crippen molar-refractivity contribution in [2.24, 2.45) is 0 Å². The maximum atomic E-state index is 12.0. The molecule has 0 aromatic heterocycles. The van der Waals surface area contributed by atoms with Crippen molar-refractivity contribution < 1.29 is 9.90 Å². The molecule has 0 aliphatic rings. The van der Waals surface area contributed by atoms with Gasteiger partial charge in [0.25, 0.3) is 0 Å². The standard InChI is InChI=1S/C15H14O2/c1-11-6-5-9-13(10-11)15(17)14(16)12-7-3-2-4-8-12/h2-10,15,17H,1H3. The smallest absolute Gasteiger partial charge is 0.195 e. The first kappa shape index (κ1) is 11.6. The quantitative estimate of drug-likeness (QED) is 0.817. The lowest BCUT2D eigenvalue weighted by molar-refractivity contribution is 0.0747. The molecule has 2 nitrogen and oxygen atoms in total. The summed E-state index contributed by atoms with van der Waals surface area (Å²) in [7, 11) is 0. The number of Topliss-reactive ketones (excluding diaryl/α,β-unsaturated/α-hetero) is 1. The molecule has 1 atom stereocenters. The van der Waals surface area contributed by atoms with E-state index in [1.165, 1.54) is 0 Å². The van der Waals surface area contributed by atoms with Gasteiger partial charge >= 0.3 is 0 Å². The number of rotatable bonds is 3. The molecule has 17 heavy (non-hydrogen) atoms. The Bertz CT molecular complexity index is 517. The second-order valence-electron chi connectivity index (χ2n) is 4.05. The minimum atomic E-state index is -1.09. The normalized spacial score (nSPS) is 12.1. The number of benzene rings is 2. The van der Waals surface area contributed by atoms with E-state index in [2.05, 4.69) is 0 Å². The first-order valence-electron chi connectivity index (χ1n) is 5.52. The molecule has 0 spiro atoms. The van der Waals surface area contributed by atoms with Crippen molar-refractivity contribution >= 4 is 5.78 Å². The molecular formula is C15H14O2. The first-order valence-corrected chi connectivity index (χ1v) is 5.52. The van der Waals surface area contributed by atoms with E-state index in [1.807, 2.05) is 31.2 Å². The molecule has 0 radical (unpaired) electrons. The average Bonchev–Trinajstić information content (AvgIpc) is 2.38. The van der Waals surface area contributed by atoms with Gasteiger partial charge in [0.2, 0.25) is 0 Å². The fourth-order valence-corrected chi connectivity index (χ4v) is 1.75. The Morgan fingerprint density at radius 1 is 1.06 bits per heavy atom. The van der Waals surface area contributed by atoms with Gasteiger partial charge in [-0.2, -0.15) is 0 Å². The molecule has 0 fully saturated rings. The number of ketones is 1. The number of carbonyl (C=O) groups excluding carboxylic acids is 1. The van der Waals surface area contributed by atoms with E-state index in [0.29, 0.717) is 11.1 Å². The molecule has 0 heterocycles. The molecule has 0 aliphatic carbocycles. The molecule has 0 saturated heterocycles. The minimum Gasteiger partial charge on any atom is -0.380 e. The zero-order valence-corrected chi connectivity index (χ0v) is 9.63. The highest BCUT2D eigenvalue weighted by Gasteiger charge is 2.18. The van der Waals surface area contributed by atoms with Crippen LogP contribution < -0.4 is 0 Å². The van der Waals surface area contributed by atoms with Crippen LogP contribution in [-0.2, 0) is 0 Å². The van der Waals surface area contributed by atoms with E-state index >= 15 is 0 Å². The van der Waals surface area contributed by atoms with Gasteiger partial charge in [-0.3, -0.25) is 4.79 Å². The van der Waals surface area contributed by atoms with E-state index in [1.54, 1.807) is 30.3 Å². The first-order chi connectivity index (χ1) is 8.18. The molecule has 1 N–H and O–H groups in total. The number of aryl methyl sites for hydroxylation is 1. The topological polar surface area (TPSA) is 37.3 Å². The molecule has 2 aromatic rings. The summed E-state index contributed by atoms with van der Waals surface area (Å²) in [6.07, 6.45) is -1.09.